The molecule has 0 bridgehead atoms. The number of hydrogen-bond acceptors (Lipinski definition) is 3. The van der Waals surface area contributed by atoms with E-state index in [0.29, 0.717) is 19.5 Å². The largest absolute Gasteiger partial charge is 0.392 e. The van der Waals surface area contributed by atoms with E-state index in [9.17, 15) is 9.50 Å². The zero-order valence-corrected chi connectivity index (χ0v) is 11.6. The van der Waals surface area contributed by atoms with Crippen LogP contribution in [0.15, 0.2) is 18.2 Å². The summed E-state index contributed by atoms with van der Waals surface area (Å²) in [6, 6.07) is 4.79. The third-order valence-electron chi connectivity index (χ3n) is 4.04. The van der Waals surface area contributed by atoms with Crippen molar-refractivity contribution in [3.05, 3.63) is 35.3 Å². The smallest absolute Gasteiger partial charge is 0.123 e. The number of aliphatic hydroxyl groups is 1. The minimum absolute atomic E-state index is 0.0147. The molecule has 2 heterocycles. The number of β-amino-alcohol motifs (C(OH)–C–C–N with tert-alkyl or cyclic N) is 1. The molecule has 5 heteroatoms. The summed E-state index contributed by atoms with van der Waals surface area (Å²) in [6.07, 6.45) is 0.300. The van der Waals surface area contributed by atoms with Gasteiger partial charge in [0, 0.05) is 42.3 Å². The minimum atomic E-state index is -0.360. The van der Waals surface area contributed by atoms with E-state index in [1.165, 1.54) is 6.07 Å². The van der Waals surface area contributed by atoms with E-state index >= 15 is 0 Å². The summed E-state index contributed by atoms with van der Waals surface area (Å²) in [6.45, 7) is 4.11. The van der Waals surface area contributed by atoms with Crippen molar-refractivity contribution in [2.75, 3.05) is 13.1 Å². The van der Waals surface area contributed by atoms with Gasteiger partial charge in [-0.2, -0.15) is 0 Å². The predicted octanol–water partition coefficient (Wildman–Crippen LogP) is 1.51. The summed E-state index contributed by atoms with van der Waals surface area (Å²) >= 11 is 0. The van der Waals surface area contributed by atoms with Gasteiger partial charge in [-0.05, 0) is 37.1 Å². The number of piperidine rings is 1. The second kappa shape index (κ2) is 5.16. The van der Waals surface area contributed by atoms with Crippen molar-refractivity contribution in [3.63, 3.8) is 0 Å². The molecule has 0 unspecified atom stereocenters. The monoisotopic (exact) mass is 277 g/mol. The molecule has 20 heavy (non-hydrogen) atoms. The lowest BCUT2D eigenvalue weighted by atomic mass is 10.0. The molecule has 1 fully saturated rings. The number of aryl methyl sites for hydroxylation is 1. The highest BCUT2D eigenvalue weighted by atomic mass is 19.1. The predicted molar refractivity (Wildman–Crippen MR) is 76.9 cm³/mol. The summed E-state index contributed by atoms with van der Waals surface area (Å²) in [7, 11) is 0. The van der Waals surface area contributed by atoms with Crippen molar-refractivity contribution < 1.29 is 9.50 Å². The number of H-pyrrole nitrogens is 1. The van der Waals surface area contributed by atoms with Crippen LogP contribution in [0.5, 0.6) is 0 Å². The molecule has 0 amide bonds. The van der Waals surface area contributed by atoms with Crippen LogP contribution < -0.4 is 5.73 Å². The third kappa shape index (κ3) is 2.57. The molecule has 1 aromatic heterocycles. The number of rotatable bonds is 2. The number of aromatic amines is 1. The van der Waals surface area contributed by atoms with Crippen LogP contribution in [0.25, 0.3) is 10.9 Å². The minimum Gasteiger partial charge on any atom is -0.392 e. The average Bonchev–Trinajstić information content (AvgIpc) is 2.65. The van der Waals surface area contributed by atoms with Gasteiger partial charge in [-0.1, -0.05) is 0 Å². The Labute approximate surface area is 117 Å². The fourth-order valence-corrected chi connectivity index (χ4v) is 3.07. The van der Waals surface area contributed by atoms with Gasteiger partial charge < -0.3 is 15.8 Å². The number of fused-ring (bicyclic) bond motifs is 1. The Bertz CT molecular complexity index is 615. The van der Waals surface area contributed by atoms with Crippen molar-refractivity contribution in [2.24, 2.45) is 5.73 Å². The molecule has 108 valence electrons. The van der Waals surface area contributed by atoms with Crippen molar-refractivity contribution >= 4 is 10.9 Å². The van der Waals surface area contributed by atoms with Gasteiger partial charge in [0.2, 0.25) is 0 Å². The summed E-state index contributed by atoms with van der Waals surface area (Å²) in [5.41, 5.74) is 9.01. The zero-order valence-electron chi connectivity index (χ0n) is 11.6. The highest BCUT2D eigenvalue weighted by Crippen LogP contribution is 2.24. The Hall–Kier alpha value is -1.43. The van der Waals surface area contributed by atoms with Crippen LogP contribution in [-0.2, 0) is 6.54 Å². The second-order valence-corrected chi connectivity index (χ2v) is 5.76. The number of hydrogen-bond donors (Lipinski definition) is 3. The second-order valence-electron chi connectivity index (χ2n) is 5.76. The molecule has 1 saturated heterocycles. The highest BCUT2D eigenvalue weighted by molar-refractivity contribution is 5.84. The number of nitrogens with one attached hydrogen (secondary N) is 1. The van der Waals surface area contributed by atoms with Crippen molar-refractivity contribution in [1.82, 2.24) is 9.88 Å². The molecule has 1 aliphatic heterocycles. The number of nitrogens with two attached hydrogens (primary N) is 1. The maximum absolute atomic E-state index is 13.3. The first-order chi connectivity index (χ1) is 9.52. The van der Waals surface area contributed by atoms with Crippen LogP contribution >= 0.6 is 0 Å². The fraction of sp³-hybridized carbons (Fsp3) is 0.467. The summed E-state index contributed by atoms with van der Waals surface area (Å²) in [5.74, 6) is -0.221. The third-order valence-corrected chi connectivity index (χ3v) is 4.04. The lowest BCUT2D eigenvalue weighted by Gasteiger charge is -2.33. The Balaban J connectivity index is 1.85. The van der Waals surface area contributed by atoms with Crippen molar-refractivity contribution in [1.29, 1.82) is 0 Å². The summed E-state index contributed by atoms with van der Waals surface area (Å²) in [5, 5.41) is 10.7. The van der Waals surface area contributed by atoms with Crippen LogP contribution in [0.4, 0.5) is 4.39 Å². The van der Waals surface area contributed by atoms with E-state index in [1.54, 1.807) is 12.1 Å². The number of aliphatic hydroxyl groups excluding tert-OH is 1. The first-order valence-electron chi connectivity index (χ1n) is 6.95. The molecule has 1 aliphatic rings. The molecular weight excluding hydrogens is 257 g/mol. The topological polar surface area (TPSA) is 65.3 Å². The number of benzene rings is 1. The molecule has 0 saturated carbocycles. The molecule has 2 atom stereocenters. The van der Waals surface area contributed by atoms with Gasteiger partial charge in [-0.25, -0.2) is 4.39 Å². The standard InChI is InChI=1S/C15H20FN3O/c1-9-13-4-10(16)2-3-14(13)18-15(9)8-19-6-11(17)5-12(20)7-19/h2-4,11-12,18,20H,5-8,17H2,1H3/t11-,12+/m0/s1. The van der Waals surface area contributed by atoms with Crippen LogP contribution in [0.2, 0.25) is 0 Å². The van der Waals surface area contributed by atoms with Crippen LogP contribution in [0.3, 0.4) is 0 Å². The molecule has 1 aromatic carbocycles. The molecule has 0 spiro atoms. The van der Waals surface area contributed by atoms with E-state index < -0.39 is 0 Å². The fourth-order valence-electron chi connectivity index (χ4n) is 3.07. The van der Waals surface area contributed by atoms with Gasteiger partial charge in [0.15, 0.2) is 0 Å². The van der Waals surface area contributed by atoms with Crippen LogP contribution in [0.1, 0.15) is 17.7 Å². The van der Waals surface area contributed by atoms with Gasteiger partial charge in [0.25, 0.3) is 0 Å². The van der Waals surface area contributed by atoms with Gasteiger partial charge >= 0.3 is 0 Å². The molecule has 2 aromatic rings. The highest BCUT2D eigenvalue weighted by Gasteiger charge is 2.24. The van der Waals surface area contributed by atoms with Crippen LogP contribution in [0, 0.1) is 12.7 Å². The maximum atomic E-state index is 13.3. The molecule has 3 rings (SSSR count). The normalized spacial score (nSPS) is 24.4. The van der Waals surface area contributed by atoms with E-state index in [-0.39, 0.29) is 18.0 Å². The van der Waals surface area contributed by atoms with Gasteiger partial charge in [-0.3, -0.25) is 4.90 Å². The molecular formula is C15H20FN3O. The number of nitrogens with zero attached hydrogens (tertiary/aromatic N) is 1. The molecule has 4 N–H and O–H groups in total. The number of likely N-dealkylation sites (tertiary alicyclic amines) is 1. The van der Waals surface area contributed by atoms with E-state index in [4.69, 9.17) is 5.73 Å². The van der Waals surface area contributed by atoms with Crippen molar-refractivity contribution in [2.45, 2.75) is 32.0 Å². The Morgan fingerprint density at radius 2 is 2.25 bits per heavy atom. The summed E-state index contributed by atoms with van der Waals surface area (Å²) < 4.78 is 13.3. The number of aromatic nitrogens is 1. The molecule has 4 nitrogen and oxygen atoms in total. The lowest BCUT2D eigenvalue weighted by Crippen LogP contribution is -2.48. The lowest BCUT2D eigenvalue weighted by molar-refractivity contribution is 0.0559. The average molecular weight is 277 g/mol. The van der Waals surface area contributed by atoms with E-state index in [2.05, 4.69) is 9.88 Å². The molecule has 0 radical (unpaired) electrons. The quantitative estimate of drug-likeness (QED) is 0.779. The first kappa shape index (κ1) is 13.5. The Morgan fingerprint density at radius 3 is 3.00 bits per heavy atom. The Kier molecular flexibility index (Phi) is 3.50. The van der Waals surface area contributed by atoms with Gasteiger partial charge in [-0.15, -0.1) is 0 Å². The van der Waals surface area contributed by atoms with E-state index in [0.717, 1.165) is 28.7 Å². The number of halogens is 1. The van der Waals surface area contributed by atoms with Crippen LogP contribution in [-0.4, -0.2) is 40.2 Å². The summed E-state index contributed by atoms with van der Waals surface area (Å²) in [4.78, 5) is 5.48. The zero-order chi connectivity index (χ0) is 14.3. The molecule has 0 aliphatic carbocycles. The SMILES string of the molecule is Cc1c(CN2C[C@@H](N)C[C@@H](O)C2)[nH]c2ccc(F)cc12. The van der Waals surface area contributed by atoms with Gasteiger partial charge in [0.05, 0.1) is 6.10 Å². The maximum Gasteiger partial charge on any atom is 0.123 e. The Morgan fingerprint density at radius 1 is 1.45 bits per heavy atom. The van der Waals surface area contributed by atoms with E-state index in [1.807, 2.05) is 6.92 Å². The first-order valence-corrected chi connectivity index (χ1v) is 6.95. The van der Waals surface area contributed by atoms with Crippen molar-refractivity contribution in [3.8, 4) is 0 Å². The van der Waals surface area contributed by atoms with Gasteiger partial charge in [0.1, 0.15) is 5.82 Å².